The van der Waals surface area contributed by atoms with Gasteiger partial charge in [-0.1, -0.05) is 0 Å². The molecule has 0 atom stereocenters. The van der Waals surface area contributed by atoms with Gasteiger partial charge in [0.25, 0.3) is 15.7 Å². The minimum atomic E-state index is -4.47. The van der Waals surface area contributed by atoms with Crippen LogP contribution in [0, 0.1) is 27.3 Å². The first-order chi connectivity index (χ1) is 13.2. The number of sulfonamides is 1. The average Bonchev–Trinajstić information content (AvgIpc) is 3.08. The maximum atomic E-state index is 14.0. The van der Waals surface area contributed by atoms with Crippen LogP contribution < -0.4 is 0 Å². The third-order valence-electron chi connectivity index (χ3n) is 3.79. The molecular formula is C16H11FN6O4S. The van der Waals surface area contributed by atoms with E-state index in [2.05, 4.69) is 10.2 Å². The lowest BCUT2D eigenvalue weighted by Gasteiger charge is -2.13. The smallest absolute Gasteiger partial charge is 0.258 e. The average molecular weight is 402 g/mol. The number of pyridine rings is 1. The number of fused-ring (bicyclic) bond motifs is 1. The number of aromatic nitrogens is 2. The van der Waals surface area contributed by atoms with Crippen LogP contribution in [0.3, 0.4) is 0 Å². The maximum Gasteiger partial charge on any atom is 0.281 e. The zero-order chi connectivity index (χ0) is 20.5. The molecule has 2 aromatic heterocycles. The molecule has 3 rings (SSSR count). The number of hydrogen-bond acceptors (Lipinski definition) is 7. The van der Waals surface area contributed by atoms with E-state index >= 15 is 0 Å². The lowest BCUT2D eigenvalue weighted by atomic mass is 10.2. The summed E-state index contributed by atoms with van der Waals surface area (Å²) in [6, 6.07) is 7.28. The Morgan fingerprint density at radius 2 is 2.14 bits per heavy atom. The predicted molar refractivity (Wildman–Crippen MR) is 95.5 cm³/mol. The molecule has 0 aliphatic heterocycles. The van der Waals surface area contributed by atoms with Crippen LogP contribution in [0.15, 0.2) is 52.7 Å². The minimum Gasteiger partial charge on any atom is -0.258 e. The van der Waals surface area contributed by atoms with E-state index in [0.717, 1.165) is 13.1 Å². The largest absolute Gasteiger partial charge is 0.281 e. The summed E-state index contributed by atoms with van der Waals surface area (Å²) in [4.78, 5) is 9.14. The van der Waals surface area contributed by atoms with Crippen molar-refractivity contribution in [3.05, 3.63) is 69.8 Å². The zero-order valence-electron chi connectivity index (χ0n) is 14.2. The van der Waals surface area contributed by atoms with Crippen molar-refractivity contribution in [2.45, 2.75) is 4.90 Å². The van der Waals surface area contributed by atoms with Crippen molar-refractivity contribution >= 4 is 27.4 Å². The van der Waals surface area contributed by atoms with Crippen LogP contribution in [0.1, 0.15) is 11.1 Å². The van der Waals surface area contributed by atoms with Gasteiger partial charge in [-0.05, 0) is 18.2 Å². The van der Waals surface area contributed by atoms with E-state index < -0.39 is 31.3 Å². The molecule has 0 N–H and O–H groups in total. The van der Waals surface area contributed by atoms with Gasteiger partial charge in [0, 0.05) is 30.9 Å². The fourth-order valence-electron chi connectivity index (χ4n) is 2.32. The van der Waals surface area contributed by atoms with Crippen LogP contribution in [0.25, 0.3) is 5.52 Å². The Bertz CT molecular complexity index is 1260. The number of nitro groups is 1. The van der Waals surface area contributed by atoms with Gasteiger partial charge in [-0.3, -0.25) is 10.1 Å². The molecule has 12 heteroatoms. The van der Waals surface area contributed by atoms with Gasteiger partial charge >= 0.3 is 0 Å². The van der Waals surface area contributed by atoms with Gasteiger partial charge in [0.1, 0.15) is 10.7 Å². The normalized spacial score (nSPS) is 11.6. The first-order valence-corrected chi connectivity index (χ1v) is 9.02. The lowest BCUT2D eigenvalue weighted by molar-refractivity contribution is -0.385. The van der Waals surface area contributed by atoms with E-state index in [1.807, 2.05) is 6.07 Å². The van der Waals surface area contributed by atoms with Crippen LogP contribution in [0.4, 0.5) is 10.1 Å². The summed E-state index contributed by atoms with van der Waals surface area (Å²) in [7, 11) is -3.40. The molecule has 1 aromatic carbocycles. The second-order valence-electron chi connectivity index (χ2n) is 5.51. The highest BCUT2D eigenvalue weighted by atomic mass is 32.2. The van der Waals surface area contributed by atoms with Crippen LogP contribution in [-0.4, -0.2) is 40.6 Å². The van der Waals surface area contributed by atoms with Crippen LogP contribution in [0.2, 0.25) is 0 Å². The Labute approximate surface area is 157 Å². The summed E-state index contributed by atoms with van der Waals surface area (Å²) in [5.41, 5.74) is 0.736. The highest BCUT2D eigenvalue weighted by Gasteiger charge is 2.26. The summed E-state index contributed by atoms with van der Waals surface area (Å²) in [5, 5.41) is 27.6. The van der Waals surface area contributed by atoms with E-state index in [1.165, 1.54) is 16.9 Å². The van der Waals surface area contributed by atoms with Crippen molar-refractivity contribution in [2.75, 3.05) is 7.05 Å². The summed E-state index contributed by atoms with van der Waals surface area (Å²) in [6.45, 7) is 0. The number of hydrazone groups is 1. The molecule has 0 aliphatic carbocycles. The molecule has 3 aromatic rings. The molecule has 0 aliphatic rings. The second-order valence-corrected chi connectivity index (χ2v) is 7.43. The van der Waals surface area contributed by atoms with E-state index in [0.29, 0.717) is 33.2 Å². The van der Waals surface area contributed by atoms with E-state index in [-0.39, 0.29) is 0 Å². The quantitative estimate of drug-likeness (QED) is 0.363. The van der Waals surface area contributed by atoms with Crippen molar-refractivity contribution in [3.63, 3.8) is 0 Å². The highest BCUT2D eigenvalue weighted by molar-refractivity contribution is 7.89. The molecule has 10 nitrogen and oxygen atoms in total. The highest BCUT2D eigenvalue weighted by Crippen LogP contribution is 2.24. The molecule has 0 bridgehead atoms. The monoisotopic (exact) mass is 402 g/mol. The van der Waals surface area contributed by atoms with Crippen LogP contribution >= 0.6 is 0 Å². The van der Waals surface area contributed by atoms with Crippen molar-refractivity contribution in [3.8, 4) is 6.07 Å². The number of hydrogen-bond donors (Lipinski definition) is 0. The van der Waals surface area contributed by atoms with Crippen LogP contribution in [0.5, 0.6) is 0 Å². The third-order valence-corrected chi connectivity index (χ3v) is 5.45. The zero-order valence-corrected chi connectivity index (χ0v) is 15.0. The van der Waals surface area contributed by atoms with Gasteiger partial charge in [0.2, 0.25) is 0 Å². The molecule has 0 saturated heterocycles. The second kappa shape index (κ2) is 7.05. The fourth-order valence-corrected chi connectivity index (χ4v) is 3.36. The molecule has 0 unspecified atom stereocenters. The standard InChI is InChI=1S/C16H11FN6O4S/c1-21(28(26,27)16-7-13(23(24)25)2-3-14(16)17)19-9-12-10-20-22-5-4-11(8-18)6-15(12)22/h2-7,9-10H,1H3/b19-9-. The molecule has 0 amide bonds. The third kappa shape index (κ3) is 3.38. The van der Waals surface area contributed by atoms with Gasteiger partial charge in [-0.15, -0.1) is 0 Å². The number of rotatable bonds is 5. The van der Waals surface area contributed by atoms with E-state index in [9.17, 15) is 22.9 Å². The first-order valence-electron chi connectivity index (χ1n) is 7.58. The summed E-state index contributed by atoms with van der Waals surface area (Å²) in [5.74, 6) is -1.14. The number of nitro benzene ring substituents is 1. The van der Waals surface area contributed by atoms with Gasteiger partial charge in [0.05, 0.1) is 34.5 Å². The minimum absolute atomic E-state index is 0.377. The van der Waals surface area contributed by atoms with Crippen molar-refractivity contribution < 1.29 is 17.7 Å². The summed E-state index contributed by atoms with van der Waals surface area (Å²) < 4.78 is 41.0. The van der Waals surface area contributed by atoms with Gasteiger partial charge < -0.3 is 0 Å². The molecule has 28 heavy (non-hydrogen) atoms. The van der Waals surface area contributed by atoms with Gasteiger partial charge in [-0.2, -0.15) is 28.3 Å². The predicted octanol–water partition coefficient (Wildman–Crippen LogP) is 1.91. The lowest BCUT2D eigenvalue weighted by Crippen LogP contribution is -2.23. The van der Waals surface area contributed by atoms with E-state index in [4.69, 9.17) is 5.26 Å². The topological polar surface area (TPSA) is 134 Å². The Kier molecular flexibility index (Phi) is 4.76. The molecule has 2 heterocycles. The van der Waals surface area contributed by atoms with Gasteiger partial charge in [0.15, 0.2) is 0 Å². The Morgan fingerprint density at radius 3 is 2.82 bits per heavy atom. The molecule has 142 valence electrons. The van der Waals surface area contributed by atoms with E-state index in [1.54, 1.807) is 18.3 Å². The molecule has 0 spiro atoms. The number of halogens is 1. The number of benzene rings is 1. The SMILES string of the molecule is CN(/N=C\c1cnn2ccc(C#N)cc12)S(=O)(=O)c1cc([N+](=O)[O-])ccc1F. The Balaban J connectivity index is 1.96. The molecule has 0 radical (unpaired) electrons. The molecular weight excluding hydrogens is 391 g/mol. The van der Waals surface area contributed by atoms with Crippen molar-refractivity contribution in [1.82, 2.24) is 14.0 Å². The number of nitriles is 1. The molecule has 0 fully saturated rings. The first kappa shape index (κ1) is 18.9. The summed E-state index contributed by atoms with van der Waals surface area (Å²) in [6.07, 6.45) is 4.15. The number of non-ortho nitro benzene ring substituents is 1. The Hall–Kier alpha value is -3.85. The maximum absolute atomic E-state index is 14.0. The molecule has 0 saturated carbocycles. The van der Waals surface area contributed by atoms with Crippen LogP contribution in [-0.2, 0) is 10.0 Å². The fraction of sp³-hybridized carbons (Fsp3) is 0.0625. The van der Waals surface area contributed by atoms with Crippen molar-refractivity contribution in [1.29, 1.82) is 5.26 Å². The van der Waals surface area contributed by atoms with Gasteiger partial charge in [-0.25, -0.2) is 8.91 Å². The summed E-state index contributed by atoms with van der Waals surface area (Å²) >= 11 is 0. The Morgan fingerprint density at radius 1 is 1.39 bits per heavy atom. The van der Waals surface area contributed by atoms with Crippen molar-refractivity contribution in [2.24, 2.45) is 5.10 Å². The number of nitrogens with zero attached hydrogens (tertiary/aromatic N) is 6.